The first-order valence-electron chi connectivity index (χ1n) is 17.3. The molecule has 4 rings (SSSR count). The second-order valence-electron chi connectivity index (χ2n) is 13.2. The SMILES string of the molecule is C/C(=C\C=O)c1ccccc1.CCOC(=O)C1=C(C)NC(C)=C(C(=O)OCC)C1.CN1C(=O)CN[C@H]1C(C)(C)C.C[C@H](CC=O)c1ccccc1. The lowest BCUT2D eigenvalue weighted by Crippen LogP contribution is -2.44. The molecule has 10 nitrogen and oxygen atoms in total. The molecule has 2 aliphatic heterocycles. The van der Waals surface area contributed by atoms with E-state index in [1.54, 1.807) is 38.7 Å². The summed E-state index contributed by atoms with van der Waals surface area (Å²) in [6.07, 6.45) is 4.40. The minimum Gasteiger partial charge on any atom is -0.463 e. The highest BCUT2D eigenvalue weighted by atomic mass is 16.5. The minimum atomic E-state index is -0.392. The largest absolute Gasteiger partial charge is 0.463 e. The number of allylic oxidation sites excluding steroid dienone is 4. The van der Waals surface area contributed by atoms with E-state index in [9.17, 15) is 24.0 Å². The highest BCUT2D eigenvalue weighted by Crippen LogP contribution is 2.25. The fourth-order valence-electron chi connectivity index (χ4n) is 5.20. The Morgan fingerprint density at radius 1 is 0.902 bits per heavy atom. The van der Waals surface area contributed by atoms with Crippen LogP contribution in [0.25, 0.3) is 5.57 Å². The number of dihydropyridines is 1. The van der Waals surface area contributed by atoms with Crippen molar-refractivity contribution in [3.05, 3.63) is 100 Å². The van der Waals surface area contributed by atoms with Crippen LogP contribution in [0.3, 0.4) is 0 Å². The van der Waals surface area contributed by atoms with Gasteiger partial charge >= 0.3 is 11.9 Å². The molecule has 0 radical (unpaired) electrons. The van der Waals surface area contributed by atoms with E-state index >= 15 is 0 Å². The second-order valence-corrected chi connectivity index (χ2v) is 13.2. The quantitative estimate of drug-likeness (QED) is 0.166. The number of nitrogens with zero attached hydrogens (tertiary/aromatic N) is 1. The molecule has 2 heterocycles. The molecule has 2 atom stereocenters. The molecule has 51 heavy (non-hydrogen) atoms. The first-order chi connectivity index (χ1) is 24.1. The van der Waals surface area contributed by atoms with E-state index < -0.39 is 11.9 Å². The van der Waals surface area contributed by atoms with E-state index in [0.717, 1.165) is 35.1 Å². The number of esters is 2. The van der Waals surface area contributed by atoms with Crippen LogP contribution in [-0.4, -0.2) is 68.3 Å². The lowest BCUT2D eigenvalue weighted by Gasteiger charge is -2.32. The van der Waals surface area contributed by atoms with Crippen molar-refractivity contribution in [3.8, 4) is 0 Å². The van der Waals surface area contributed by atoms with Gasteiger partial charge in [0.25, 0.3) is 0 Å². The van der Waals surface area contributed by atoms with Crippen molar-refractivity contribution < 1.29 is 33.4 Å². The Morgan fingerprint density at radius 2 is 1.39 bits per heavy atom. The summed E-state index contributed by atoms with van der Waals surface area (Å²) in [5.74, 6) is -0.243. The number of nitrogens with one attached hydrogen (secondary N) is 2. The lowest BCUT2D eigenvalue weighted by atomic mass is 9.92. The third-order valence-electron chi connectivity index (χ3n) is 8.09. The van der Waals surface area contributed by atoms with Crippen LogP contribution in [0.2, 0.25) is 0 Å². The van der Waals surface area contributed by atoms with Crippen LogP contribution in [0.15, 0.2) is 89.3 Å². The molecule has 0 aromatic heterocycles. The molecule has 0 bridgehead atoms. The molecule has 278 valence electrons. The van der Waals surface area contributed by atoms with E-state index in [-0.39, 0.29) is 23.9 Å². The zero-order valence-corrected chi connectivity index (χ0v) is 32.0. The average molecular weight is 704 g/mol. The molecule has 1 saturated heterocycles. The molecule has 2 aromatic rings. The molecule has 1 amide bonds. The maximum absolute atomic E-state index is 11.7. The van der Waals surface area contributed by atoms with E-state index in [4.69, 9.17) is 9.47 Å². The molecule has 0 unspecified atom stereocenters. The number of hydrogen-bond donors (Lipinski definition) is 2. The average Bonchev–Trinajstić information content (AvgIpc) is 3.45. The van der Waals surface area contributed by atoms with Crippen molar-refractivity contribution in [2.45, 2.75) is 87.2 Å². The number of amides is 1. The molecule has 2 N–H and O–H groups in total. The van der Waals surface area contributed by atoms with Gasteiger partial charge in [-0.1, -0.05) is 88.4 Å². The van der Waals surface area contributed by atoms with Crippen LogP contribution in [0.1, 0.15) is 92.2 Å². The molecule has 2 aliphatic rings. The number of hydrogen-bond acceptors (Lipinski definition) is 9. The predicted molar refractivity (Wildman–Crippen MR) is 202 cm³/mol. The van der Waals surface area contributed by atoms with Crippen molar-refractivity contribution in [2.75, 3.05) is 26.8 Å². The maximum Gasteiger partial charge on any atom is 0.336 e. The van der Waals surface area contributed by atoms with E-state index in [1.807, 2.05) is 74.6 Å². The zero-order valence-electron chi connectivity index (χ0n) is 32.0. The van der Waals surface area contributed by atoms with Gasteiger partial charge in [0.2, 0.25) is 5.91 Å². The number of likely N-dealkylation sites (N-methyl/N-ethyl adjacent to an activating group) is 1. The van der Waals surface area contributed by atoms with Crippen LogP contribution < -0.4 is 10.6 Å². The third-order valence-corrected chi connectivity index (χ3v) is 8.09. The standard InChI is InChI=1S/C13H19NO4.C10H12O.C10H10O.C8H16N2O/c1-5-17-12(15)10-7-11(13(16)18-6-2)9(4)14-8(10)3;2*1-9(7-8-11)10-5-3-2-4-6-10;1-8(2,3)7-9-5-6(11)10(7)4/h14H,5-7H2,1-4H3;2-6,8-9H,7H2,1H3;2-8H,1H3;7,9H,5H2,1-4H3/b;;9-7+;/t;9-;;7-/m.1.1/s1. The van der Waals surface area contributed by atoms with Crippen LogP contribution in [0.5, 0.6) is 0 Å². The van der Waals surface area contributed by atoms with Crippen LogP contribution in [-0.2, 0) is 33.4 Å². The summed E-state index contributed by atoms with van der Waals surface area (Å²) < 4.78 is 9.93. The molecule has 10 heteroatoms. The fraction of sp³-hybridized carbons (Fsp3) is 0.439. The predicted octanol–water partition coefficient (Wildman–Crippen LogP) is 6.74. The van der Waals surface area contributed by atoms with Crippen molar-refractivity contribution >= 4 is 36.0 Å². The number of carbonyl (C=O) groups is 5. The molecule has 0 saturated carbocycles. The van der Waals surface area contributed by atoms with Crippen molar-refractivity contribution in [2.24, 2.45) is 5.41 Å². The van der Waals surface area contributed by atoms with Gasteiger partial charge < -0.3 is 24.5 Å². The van der Waals surface area contributed by atoms with E-state index in [0.29, 0.717) is 43.2 Å². The molecule has 0 aliphatic carbocycles. The first-order valence-corrected chi connectivity index (χ1v) is 17.3. The van der Waals surface area contributed by atoms with Gasteiger partial charge in [-0.05, 0) is 68.7 Å². The zero-order chi connectivity index (χ0) is 38.6. The Kier molecular flexibility index (Phi) is 19.8. The molecular formula is C41H57N3O7. The summed E-state index contributed by atoms with van der Waals surface area (Å²) in [7, 11) is 1.85. The highest BCUT2D eigenvalue weighted by molar-refractivity contribution is 5.96. The molecule has 1 fully saturated rings. The van der Waals surface area contributed by atoms with Gasteiger partial charge in [0.1, 0.15) is 12.6 Å². The van der Waals surface area contributed by atoms with Gasteiger partial charge in [0.15, 0.2) is 0 Å². The molecule has 0 spiro atoms. The number of ether oxygens (including phenoxy) is 2. The highest BCUT2D eigenvalue weighted by Gasteiger charge is 2.35. The van der Waals surface area contributed by atoms with Crippen molar-refractivity contribution in [1.82, 2.24) is 15.5 Å². The monoisotopic (exact) mass is 703 g/mol. The smallest absolute Gasteiger partial charge is 0.336 e. The van der Waals surface area contributed by atoms with Crippen LogP contribution >= 0.6 is 0 Å². The maximum atomic E-state index is 11.7. The van der Waals surface area contributed by atoms with Crippen LogP contribution in [0.4, 0.5) is 0 Å². The molecular weight excluding hydrogens is 646 g/mol. The van der Waals surface area contributed by atoms with E-state index in [1.165, 1.54) is 5.56 Å². The van der Waals surface area contributed by atoms with E-state index in [2.05, 4.69) is 38.3 Å². The lowest BCUT2D eigenvalue weighted by molar-refractivity contribution is -0.139. The Morgan fingerprint density at radius 3 is 1.76 bits per heavy atom. The van der Waals surface area contributed by atoms with Gasteiger partial charge in [-0.25, -0.2) is 9.59 Å². The van der Waals surface area contributed by atoms with Gasteiger partial charge in [0, 0.05) is 31.3 Å². The van der Waals surface area contributed by atoms with Crippen LogP contribution in [0, 0.1) is 5.41 Å². The number of carbonyl (C=O) groups excluding carboxylic acids is 5. The van der Waals surface area contributed by atoms with Gasteiger partial charge in [-0.3, -0.25) is 14.9 Å². The summed E-state index contributed by atoms with van der Waals surface area (Å²) in [6, 6.07) is 19.9. The van der Waals surface area contributed by atoms with Gasteiger partial charge in [-0.15, -0.1) is 0 Å². The number of rotatable bonds is 9. The summed E-state index contributed by atoms with van der Waals surface area (Å²) in [5, 5.41) is 6.19. The fourth-order valence-corrected chi connectivity index (χ4v) is 5.20. The minimum absolute atomic E-state index is 0.126. The van der Waals surface area contributed by atoms with Gasteiger partial charge in [-0.2, -0.15) is 0 Å². The number of benzene rings is 2. The summed E-state index contributed by atoms with van der Waals surface area (Å²) in [5.41, 5.74) is 5.86. The first kappa shape index (κ1) is 44.2. The van der Waals surface area contributed by atoms with Crippen molar-refractivity contribution in [3.63, 3.8) is 0 Å². The Balaban J connectivity index is 0.000000349. The number of aldehydes is 2. The van der Waals surface area contributed by atoms with Crippen molar-refractivity contribution in [1.29, 1.82) is 0 Å². The summed E-state index contributed by atoms with van der Waals surface area (Å²) in [6.45, 7) is 18.5. The summed E-state index contributed by atoms with van der Waals surface area (Å²) >= 11 is 0. The van der Waals surface area contributed by atoms with Gasteiger partial charge in [0.05, 0.1) is 37.1 Å². The Bertz CT molecular complexity index is 1490. The third kappa shape index (κ3) is 15.3. The molecule has 2 aromatic carbocycles. The summed E-state index contributed by atoms with van der Waals surface area (Å²) in [4.78, 5) is 56.7. The Labute approximate surface area is 304 Å². The Hall–Kier alpha value is -4.83. The normalized spacial score (nSPS) is 16.2. The second kappa shape index (κ2) is 22.8. The topological polar surface area (TPSA) is 131 Å².